The molecule has 0 amide bonds. The van der Waals surface area contributed by atoms with E-state index in [2.05, 4.69) is 27.2 Å². The van der Waals surface area contributed by atoms with Crippen molar-refractivity contribution in [2.45, 2.75) is 26.4 Å². The Hall–Kier alpha value is -1.40. The van der Waals surface area contributed by atoms with Gasteiger partial charge in [0.25, 0.3) is 0 Å². The SMILES string of the molecule is Cc1cc(N2CCCOC(C)C2)nc(NN)n1. The van der Waals surface area contributed by atoms with Gasteiger partial charge in [0.15, 0.2) is 0 Å². The zero-order valence-electron chi connectivity index (χ0n) is 10.3. The second-order valence-electron chi connectivity index (χ2n) is 4.32. The van der Waals surface area contributed by atoms with E-state index >= 15 is 0 Å². The van der Waals surface area contributed by atoms with Gasteiger partial charge in [-0.1, -0.05) is 0 Å². The molecular formula is C11H19N5O. The minimum absolute atomic E-state index is 0.224. The third-order valence-corrected chi connectivity index (χ3v) is 2.75. The third-order valence-electron chi connectivity index (χ3n) is 2.75. The van der Waals surface area contributed by atoms with Gasteiger partial charge in [-0.05, 0) is 20.3 Å². The van der Waals surface area contributed by atoms with Crippen molar-refractivity contribution in [3.05, 3.63) is 11.8 Å². The van der Waals surface area contributed by atoms with Crippen molar-refractivity contribution in [3.63, 3.8) is 0 Å². The van der Waals surface area contributed by atoms with Gasteiger partial charge in [0.05, 0.1) is 6.10 Å². The van der Waals surface area contributed by atoms with Crippen LogP contribution in [-0.2, 0) is 4.74 Å². The Morgan fingerprint density at radius 3 is 3.12 bits per heavy atom. The van der Waals surface area contributed by atoms with Crippen molar-refractivity contribution < 1.29 is 4.74 Å². The van der Waals surface area contributed by atoms with Crippen LogP contribution in [0.2, 0.25) is 0 Å². The highest BCUT2D eigenvalue weighted by Crippen LogP contribution is 2.17. The number of ether oxygens (including phenoxy) is 1. The predicted octanol–water partition coefficient (Wildman–Crippen LogP) is 0.686. The average molecular weight is 237 g/mol. The molecule has 0 saturated carbocycles. The molecule has 0 radical (unpaired) electrons. The van der Waals surface area contributed by atoms with Crippen LogP contribution in [0.25, 0.3) is 0 Å². The molecule has 1 saturated heterocycles. The van der Waals surface area contributed by atoms with Crippen molar-refractivity contribution in [1.29, 1.82) is 0 Å². The van der Waals surface area contributed by atoms with Gasteiger partial charge in [0.2, 0.25) is 5.95 Å². The molecular weight excluding hydrogens is 218 g/mol. The Morgan fingerprint density at radius 2 is 2.35 bits per heavy atom. The lowest BCUT2D eigenvalue weighted by atomic mass is 10.3. The molecule has 1 aromatic rings. The Labute approximate surface area is 101 Å². The molecule has 1 aliphatic heterocycles. The number of rotatable bonds is 2. The summed E-state index contributed by atoms with van der Waals surface area (Å²) in [4.78, 5) is 10.8. The van der Waals surface area contributed by atoms with E-state index in [1.165, 1.54) is 0 Å². The topological polar surface area (TPSA) is 76.3 Å². The first-order chi connectivity index (χ1) is 8.19. The maximum atomic E-state index is 5.62. The molecule has 0 aromatic carbocycles. The van der Waals surface area contributed by atoms with Gasteiger partial charge in [-0.2, -0.15) is 4.98 Å². The van der Waals surface area contributed by atoms with Gasteiger partial charge < -0.3 is 9.64 Å². The summed E-state index contributed by atoms with van der Waals surface area (Å²) in [5, 5.41) is 0. The number of nitrogens with two attached hydrogens (primary N) is 1. The molecule has 0 aliphatic carbocycles. The summed E-state index contributed by atoms with van der Waals surface area (Å²) in [5.41, 5.74) is 3.40. The number of aromatic nitrogens is 2. The molecule has 1 aliphatic rings. The number of anilines is 2. The second kappa shape index (κ2) is 5.29. The molecule has 17 heavy (non-hydrogen) atoms. The molecule has 3 N–H and O–H groups in total. The summed E-state index contributed by atoms with van der Waals surface area (Å²) in [6, 6.07) is 1.97. The fourth-order valence-electron chi connectivity index (χ4n) is 1.98. The summed E-state index contributed by atoms with van der Waals surface area (Å²) in [7, 11) is 0. The second-order valence-corrected chi connectivity index (χ2v) is 4.32. The number of hydrazine groups is 1. The van der Waals surface area contributed by atoms with Crippen molar-refractivity contribution in [3.8, 4) is 0 Å². The first kappa shape index (κ1) is 12.1. The summed E-state index contributed by atoms with van der Waals surface area (Å²) >= 11 is 0. The number of nitrogen functional groups attached to an aromatic ring is 1. The van der Waals surface area contributed by atoms with Crippen molar-refractivity contribution in [2.24, 2.45) is 5.84 Å². The van der Waals surface area contributed by atoms with Crippen molar-refractivity contribution >= 4 is 11.8 Å². The molecule has 1 unspecified atom stereocenters. The van der Waals surface area contributed by atoms with E-state index in [9.17, 15) is 0 Å². The van der Waals surface area contributed by atoms with Crippen LogP contribution in [0.15, 0.2) is 6.07 Å². The maximum absolute atomic E-state index is 5.62. The minimum atomic E-state index is 0.224. The van der Waals surface area contributed by atoms with Gasteiger partial charge in [-0.25, -0.2) is 10.8 Å². The van der Waals surface area contributed by atoms with Crippen LogP contribution in [-0.4, -0.2) is 35.8 Å². The fraction of sp³-hybridized carbons (Fsp3) is 0.636. The summed E-state index contributed by atoms with van der Waals surface area (Å²) in [6.07, 6.45) is 1.24. The monoisotopic (exact) mass is 237 g/mol. The van der Waals surface area contributed by atoms with Gasteiger partial charge in [0.1, 0.15) is 5.82 Å². The van der Waals surface area contributed by atoms with E-state index in [1.54, 1.807) is 0 Å². The third kappa shape index (κ3) is 3.04. The maximum Gasteiger partial charge on any atom is 0.239 e. The molecule has 6 nitrogen and oxygen atoms in total. The number of nitrogens with zero attached hydrogens (tertiary/aromatic N) is 3. The number of hydrogen-bond acceptors (Lipinski definition) is 6. The number of nitrogens with one attached hydrogen (secondary N) is 1. The lowest BCUT2D eigenvalue weighted by Crippen LogP contribution is -2.31. The Bertz CT molecular complexity index is 384. The Morgan fingerprint density at radius 1 is 1.53 bits per heavy atom. The quantitative estimate of drug-likeness (QED) is 0.582. The highest BCUT2D eigenvalue weighted by atomic mass is 16.5. The standard InChI is InChI=1S/C11H19N5O/c1-8-6-10(14-11(13-8)15-12)16-4-3-5-17-9(2)7-16/h6,9H,3-5,7,12H2,1-2H3,(H,13,14,15). The van der Waals surface area contributed by atoms with Gasteiger partial charge in [-0.3, -0.25) is 5.43 Å². The average Bonchev–Trinajstić information content (AvgIpc) is 2.53. The molecule has 1 fully saturated rings. The Balaban J connectivity index is 2.22. The van der Waals surface area contributed by atoms with Crippen molar-refractivity contribution in [1.82, 2.24) is 9.97 Å². The molecule has 94 valence electrons. The lowest BCUT2D eigenvalue weighted by Gasteiger charge is -2.23. The van der Waals surface area contributed by atoms with Crippen LogP contribution >= 0.6 is 0 Å². The van der Waals surface area contributed by atoms with Crippen LogP contribution in [0.4, 0.5) is 11.8 Å². The first-order valence-corrected chi connectivity index (χ1v) is 5.88. The highest BCUT2D eigenvalue weighted by molar-refractivity contribution is 5.44. The molecule has 0 spiro atoms. The summed E-state index contributed by atoms with van der Waals surface area (Å²) in [5.74, 6) is 6.72. The van der Waals surface area contributed by atoms with E-state index in [-0.39, 0.29) is 6.10 Å². The molecule has 6 heteroatoms. The molecule has 1 atom stereocenters. The normalized spacial score (nSPS) is 21.1. The van der Waals surface area contributed by atoms with Gasteiger partial charge in [0, 0.05) is 31.5 Å². The number of hydrogen-bond donors (Lipinski definition) is 2. The largest absolute Gasteiger partial charge is 0.377 e. The van der Waals surface area contributed by atoms with E-state index < -0.39 is 0 Å². The van der Waals surface area contributed by atoms with Crippen LogP contribution in [0.5, 0.6) is 0 Å². The zero-order chi connectivity index (χ0) is 12.3. The van der Waals surface area contributed by atoms with Crippen LogP contribution in [0.3, 0.4) is 0 Å². The lowest BCUT2D eigenvalue weighted by molar-refractivity contribution is 0.0820. The molecule has 1 aromatic heterocycles. The van der Waals surface area contributed by atoms with E-state index in [1.807, 2.05) is 13.0 Å². The van der Waals surface area contributed by atoms with E-state index in [0.717, 1.165) is 37.6 Å². The summed E-state index contributed by atoms with van der Waals surface area (Å²) in [6.45, 7) is 6.62. The van der Waals surface area contributed by atoms with Gasteiger partial charge in [-0.15, -0.1) is 0 Å². The van der Waals surface area contributed by atoms with Gasteiger partial charge >= 0.3 is 0 Å². The molecule has 2 heterocycles. The van der Waals surface area contributed by atoms with E-state index in [4.69, 9.17) is 10.6 Å². The van der Waals surface area contributed by atoms with Crippen LogP contribution < -0.4 is 16.2 Å². The predicted molar refractivity (Wildman–Crippen MR) is 66.8 cm³/mol. The Kier molecular flexibility index (Phi) is 3.75. The fourth-order valence-corrected chi connectivity index (χ4v) is 1.98. The summed E-state index contributed by atoms with van der Waals surface area (Å²) < 4.78 is 5.62. The molecule has 2 rings (SSSR count). The zero-order valence-corrected chi connectivity index (χ0v) is 10.3. The highest BCUT2D eigenvalue weighted by Gasteiger charge is 2.17. The first-order valence-electron chi connectivity index (χ1n) is 5.88. The molecule has 0 bridgehead atoms. The van der Waals surface area contributed by atoms with Crippen molar-refractivity contribution in [2.75, 3.05) is 30.0 Å². The minimum Gasteiger partial charge on any atom is -0.377 e. The van der Waals surface area contributed by atoms with Crippen LogP contribution in [0, 0.1) is 6.92 Å². The van der Waals surface area contributed by atoms with E-state index in [0.29, 0.717) is 5.95 Å². The smallest absolute Gasteiger partial charge is 0.239 e. The number of aryl methyl sites for hydroxylation is 1. The van der Waals surface area contributed by atoms with Crippen LogP contribution in [0.1, 0.15) is 19.0 Å².